The van der Waals surface area contributed by atoms with E-state index in [9.17, 15) is 0 Å². The van der Waals surface area contributed by atoms with Crippen LogP contribution >= 0.6 is 8.45 Å². The zero-order valence-corrected chi connectivity index (χ0v) is 18.2. The molecule has 0 aliphatic carbocycles. The van der Waals surface area contributed by atoms with E-state index in [0.717, 1.165) is 41.0 Å². The summed E-state index contributed by atoms with van der Waals surface area (Å²) in [6.07, 6.45) is 2.50. The Hall–Kier alpha value is -2.94. The lowest BCUT2D eigenvalue weighted by Crippen LogP contribution is -2.20. The van der Waals surface area contributed by atoms with Crippen LogP contribution in [0.2, 0.25) is 0 Å². The summed E-state index contributed by atoms with van der Waals surface area (Å²) >= 11 is 0. The van der Waals surface area contributed by atoms with E-state index in [1.165, 1.54) is 18.5 Å². The molecule has 3 heterocycles. The van der Waals surface area contributed by atoms with E-state index in [0.29, 0.717) is 6.04 Å². The van der Waals surface area contributed by atoms with Crippen molar-refractivity contribution in [2.24, 2.45) is 0 Å². The second kappa shape index (κ2) is 7.96. The highest BCUT2D eigenvalue weighted by Crippen LogP contribution is 2.57. The minimum Gasteiger partial charge on any atom is -0.438 e. The Balaban J connectivity index is 1.40. The summed E-state index contributed by atoms with van der Waals surface area (Å²) in [5.74, 6) is 0.870. The lowest BCUT2D eigenvalue weighted by atomic mass is 10.1. The number of para-hydroxylation sites is 2. The molecule has 2 fully saturated rings. The molecule has 1 aromatic heterocycles. The van der Waals surface area contributed by atoms with Crippen molar-refractivity contribution in [2.45, 2.75) is 18.9 Å². The topological polar surface area (TPSA) is 28.6 Å². The first kappa shape index (κ1) is 18.8. The van der Waals surface area contributed by atoms with Gasteiger partial charge in [0.05, 0.1) is 5.69 Å². The molecule has 5 heteroatoms. The number of pyridine rings is 1. The first-order valence-corrected chi connectivity index (χ1v) is 12.1. The Morgan fingerprint density at radius 1 is 0.839 bits per heavy atom. The number of aromatic nitrogens is 1. The summed E-state index contributed by atoms with van der Waals surface area (Å²) in [4.78, 5) is 5.02. The molecule has 6 rings (SSSR count). The van der Waals surface area contributed by atoms with Gasteiger partial charge in [-0.25, -0.2) is 9.65 Å². The van der Waals surface area contributed by atoms with Crippen molar-refractivity contribution in [3.63, 3.8) is 0 Å². The van der Waals surface area contributed by atoms with Gasteiger partial charge < -0.3 is 9.19 Å². The molecule has 0 saturated carbocycles. The standard InChI is InChI=1S/C26H24N3OP/c1-3-9-20(10-4-1)24-17-16-21-11-7-15-25(26(21)27-24)30-31-28-18-8-14-23(28)19-29(31)22-12-5-2-6-13-22/h1-7,9-13,15-17,23H,8,14,18-19H2/t23-,31?/m0/s1. The maximum absolute atomic E-state index is 6.81. The number of hydrogen-bond donors (Lipinski definition) is 0. The number of rotatable bonds is 4. The molecule has 3 aromatic carbocycles. The van der Waals surface area contributed by atoms with Crippen LogP contribution in [0.5, 0.6) is 5.75 Å². The van der Waals surface area contributed by atoms with Crippen LogP contribution in [-0.2, 0) is 0 Å². The Bertz CT molecular complexity index is 1200. The van der Waals surface area contributed by atoms with Crippen LogP contribution in [0.15, 0.2) is 91.0 Å². The number of fused-ring (bicyclic) bond motifs is 2. The highest BCUT2D eigenvalue weighted by molar-refractivity contribution is 7.52. The first-order chi connectivity index (χ1) is 15.4. The fourth-order valence-corrected chi connectivity index (χ4v) is 6.84. The van der Waals surface area contributed by atoms with Gasteiger partial charge in [0.2, 0.25) is 0 Å². The van der Waals surface area contributed by atoms with Gasteiger partial charge in [-0.1, -0.05) is 66.7 Å². The maximum atomic E-state index is 6.81. The average molecular weight is 425 g/mol. The van der Waals surface area contributed by atoms with Gasteiger partial charge in [-0.3, -0.25) is 0 Å². The summed E-state index contributed by atoms with van der Waals surface area (Å²) in [5, 5.41) is 1.11. The van der Waals surface area contributed by atoms with Crippen LogP contribution in [0.1, 0.15) is 12.8 Å². The molecule has 0 amide bonds. The third kappa shape index (κ3) is 3.46. The van der Waals surface area contributed by atoms with Crippen LogP contribution in [0.4, 0.5) is 5.69 Å². The average Bonchev–Trinajstić information content (AvgIpc) is 3.43. The zero-order chi connectivity index (χ0) is 20.6. The van der Waals surface area contributed by atoms with Crippen LogP contribution in [0, 0.1) is 0 Å². The molecule has 154 valence electrons. The number of benzene rings is 3. The van der Waals surface area contributed by atoms with E-state index in [-0.39, 0.29) is 0 Å². The van der Waals surface area contributed by atoms with Crippen LogP contribution in [-0.4, -0.2) is 28.8 Å². The lowest BCUT2D eigenvalue weighted by Gasteiger charge is -2.29. The summed E-state index contributed by atoms with van der Waals surface area (Å²) in [6.45, 7) is 2.14. The minimum absolute atomic E-state index is 0.578. The van der Waals surface area contributed by atoms with Gasteiger partial charge >= 0.3 is 0 Å². The molecule has 1 unspecified atom stereocenters. The Labute approximate surface area is 184 Å². The summed E-state index contributed by atoms with van der Waals surface area (Å²) in [5.41, 5.74) is 4.27. The summed E-state index contributed by atoms with van der Waals surface area (Å²) in [7, 11) is -0.912. The summed E-state index contributed by atoms with van der Waals surface area (Å²) in [6, 6.07) is 32.1. The molecule has 2 atom stereocenters. The summed E-state index contributed by atoms with van der Waals surface area (Å²) < 4.78 is 11.8. The largest absolute Gasteiger partial charge is 0.438 e. The van der Waals surface area contributed by atoms with Crippen molar-refractivity contribution in [2.75, 3.05) is 17.8 Å². The Morgan fingerprint density at radius 3 is 2.48 bits per heavy atom. The normalized spacial score (nSPS) is 20.8. The molecule has 2 saturated heterocycles. The molecule has 4 aromatic rings. The van der Waals surface area contributed by atoms with Crippen molar-refractivity contribution >= 4 is 25.0 Å². The van der Waals surface area contributed by atoms with Crippen LogP contribution < -0.4 is 9.19 Å². The molecule has 31 heavy (non-hydrogen) atoms. The molecule has 0 radical (unpaired) electrons. The molecular weight excluding hydrogens is 401 g/mol. The van der Waals surface area contributed by atoms with Gasteiger partial charge in [-0.2, -0.15) is 0 Å². The SMILES string of the molecule is c1ccc(-c2ccc3cccc(OP4N(c5ccccc5)C[C@@H]5CCCN54)c3n2)cc1. The fourth-order valence-electron chi connectivity index (χ4n) is 4.60. The third-order valence-corrected chi connectivity index (χ3v) is 8.28. The molecule has 0 bridgehead atoms. The van der Waals surface area contributed by atoms with Gasteiger partial charge in [0.1, 0.15) is 5.52 Å². The van der Waals surface area contributed by atoms with E-state index in [2.05, 4.69) is 94.3 Å². The highest BCUT2D eigenvalue weighted by atomic mass is 31.2. The predicted molar refractivity (Wildman–Crippen MR) is 128 cm³/mol. The minimum atomic E-state index is -0.912. The van der Waals surface area contributed by atoms with Crippen LogP contribution in [0.25, 0.3) is 22.2 Å². The number of anilines is 1. The van der Waals surface area contributed by atoms with E-state index < -0.39 is 8.45 Å². The quantitative estimate of drug-likeness (QED) is 0.349. The predicted octanol–water partition coefficient (Wildman–Crippen LogP) is 6.49. The Morgan fingerprint density at radius 2 is 1.65 bits per heavy atom. The fraction of sp³-hybridized carbons (Fsp3) is 0.192. The smallest absolute Gasteiger partial charge is 0.279 e. The second-order valence-electron chi connectivity index (χ2n) is 8.11. The molecule has 4 nitrogen and oxygen atoms in total. The van der Waals surface area contributed by atoms with Gasteiger partial charge in [0.15, 0.2) is 5.75 Å². The van der Waals surface area contributed by atoms with Crippen molar-refractivity contribution in [1.82, 2.24) is 9.65 Å². The third-order valence-electron chi connectivity index (χ3n) is 6.14. The van der Waals surface area contributed by atoms with Crippen molar-refractivity contribution in [3.8, 4) is 17.0 Å². The maximum Gasteiger partial charge on any atom is 0.279 e. The van der Waals surface area contributed by atoms with E-state index >= 15 is 0 Å². The van der Waals surface area contributed by atoms with Crippen molar-refractivity contribution < 1.29 is 4.52 Å². The molecule has 0 N–H and O–H groups in total. The van der Waals surface area contributed by atoms with Gasteiger partial charge in [-0.05, 0) is 37.1 Å². The second-order valence-corrected chi connectivity index (χ2v) is 9.80. The van der Waals surface area contributed by atoms with Gasteiger partial charge in [-0.15, -0.1) is 0 Å². The highest BCUT2D eigenvalue weighted by Gasteiger charge is 2.45. The number of nitrogens with zero attached hydrogens (tertiary/aromatic N) is 3. The zero-order valence-electron chi connectivity index (χ0n) is 17.3. The Kier molecular flexibility index (Phi) is 4.82. The van der Waals surface area contributed by atoms with E-state index in [4.69, 9.17) is 9.51 Å². The first-order valence-electron chi connectivity index (χ1n) is 10.9. The van der Waals surface area contributed by atoms with Crippen LogP contribution in [0.3, 0.4) is 0 Å². The van der Waals surface area contributed by atoms with Gasteiger partial charge in [0, 0.05) is 35.8 Å². The van der Waals surface area contributed by atoms with Crippen molar-refractivity contribution in [1.29, 1.82) is 0 Å². The van der Waals surface area contributed by atoms with Gasteiger partial charge in [0.25, 0.3) is 8.45 Å². The van der Waals surface area contributed by atoms with Crippen molar-refractivity contribution in [3.05, 3.63) is 91.0 Å². The lowest BCUT2D eigenvalue weighted by molar-refractivity contribution is 0.433. The molecular formula is C26H24N3OP. The van der Waals surface area contributed by atoms with E-state index in [1.807, 2.05) is 6.07 Å². The van der Waals surface area contributed by atoms with E-state index in [1.54, 1.807) is 0 Å². The number of hydrogen-bond acceptors (Lipinski definition) is 4. The molecule has 2 aliphatic rings. The monoisotopic (exact) mass is 425 g/mol. The molecule has 2 aliphatic heterocycles. The molecule has 0 spiro atoms.